The number of hydrogen-bond donors (Lipinski definition) is 1. The quantitative estimate of drug-likeness (QED) is 0.840. The monoisotopic (exact) mass is 310 g/mol. The number of rotatable bonds is 5. The highest BCUT2D eigenvalue weighted by atomic mass is 35.5. The van der Waals surface area contributed by atoms with E-state index in [0.717, 1.165) is 56.0 Å². The second-order valence-electron chi connectivity index (χ2n) is 5.19. The lowest BCUT2D eigenvalue weighted by Gasteiger charge is -2.31. The lowest BCUT2D eigenvalue weighted by Crippen LogP contribution is -2.43. The Morgan fingerprint density at radius 3 is 2.70 bits per heavy atom. The number of terminal acetylenes is 1. The number of benzene rings is 1. The van der Waals surface area contributed by atoms with Crippen LogP contribution in [0.3, 0.4) is 0 Å². The Morgan fingerprint density at radius 1 is 1.30 bits per heavy atom. The van der Waals surface area contributed by atoms with Gasteiger partial charge in [0.1, 0.15) is 0 Å². The van der Waals surface area contributed by atoms with E-state index in [2.05, 4.69) is 16.1 Å². The van der Waals surface area contributed by atoms with Crippen LogP contribution in [0.25, 0.3) is 0 Å². The Hall–Kier alpha value is -0.720. The molecule has 0 bridgehead atoms. The molecule has 0 atom stereocenters. The zero-order chi connectivity index (χ0) is 14.4. The summed E-state index contributed by atoms with van der Waals surface area (Å²) in [6.45, 7) is 3.89. The van der Waals surface area contributed by atoms with Gasteiger partial charge in [-0.2, -0.15) is 0 Å². The van der Waals surface area contributed by atoms with Crippen molar-refractivity contribution in [3.05, 3.63) is 33.8 Å². The molecule has 108 valence electrons. The molecular formula is C16H20Cl2N2. The van der Waals surface area contributed by atoms with E-state index in [1.54, 1.807) is 6.07 Å². The van der Waals surface area contributed by atoms with E-state index in [4.69, 9.17) is 29.6 Å². The molecule has 0 aliphatic carbocycles. The van der Waals surface area contributed by atoms with Gasteiger partial charge in [-0.1, -0.05) is 35.2 Å². The lowest BCUT2D eigenvalue weighted by molar-refractivity contribution is 0.218. The molecule has 1 fully saturated rings. The van der Waals surface area contributed by atoms with Crippen molar-refractivity contribution in [2.75, 3.05) is 26.2 Å². The minimum Gasteiger partial charge on any atom is -0.314 e. The molecule has 1 heterocycles. The van der Waals surface area contributed by atoms with Gasteiger partial charge in [0.2, 0.25) is 0 Å². The first-order valence-electron chi connectivity index (χ1n) is 7.02. The highest BCUT2D eigenvalue weighted by molar-refractivity contribution is 6.35. The second-order valence-corrected chi connectivity index (χ2v) is 6.04. The second kappa shape index (κ2) is 7.90. The van der Waals surface area contributed by atoms with Crippen molar-refractivity contribution in [1.29, 1.82) is 0 Å². The van der Waals surface area contributed by atoms with E-state index in [1.807, 2.05) is 12.1 Å². The normalized spacial score (nSPS) is 17.1. The lowest BCUT2D eigenvalue weighted by atomic mass is 10.0. The Labute approximate surface area is 131 Å². The van der Waals surface area contributed by atoms with Gasteiger partial charge < -0.3 is 5.32 Å². The maximum atomic E-state index is 6.17. The van der Waals surface area contributed by atoms with Gasteiger partial charge in [-0.3, -0.25) is 4.90 Å². The molecule has 1 saturated heterocycles. The fraction of sp³-hybridized carbons (Fsp3) is 0.500. The molecule has 0 aromatic heterocycles. The van der Waals surface area contributed by atoms with Gasteiger partial charge in [0, 0.05) is 29.2 Å². The van der Waals surface area contributed by atoms with Gasteiger partial charge in [-0.05, 0) is 43.5 Å². The van der Waals surface area contributed by atoms with E-state index < -0.39 is 0 Å². The summed E-state index contributed by atoms with van der Waals surface area (Å²) in [5.74, 6) is 2.71. The summed E-state index contributed by atoms with van der Waals surface area (Å²) in [4.78, 5) is 2.33. The first kappa shape index (κ1) is 15.7. The van der Waals surface area contributed by atoms with Gasteiger partial charge in [0.05, 0.1) is 6.54 Å². The smallest absolute Gasteiger partial charge is 0.0598 e. The molecule has 0 saturated carbocycles. The van der Waals surface area contributed by atoms with Crippen LogP contribution in [-0.4, -0.2) is 37.1 Å². The Bertz CT molecular complexity index is 474. The van der Waals surface area contributed by atoms with Crippen molar-refractivity contribution >= 4 is 23.2 Å². The number of piperidine rings is 1. The molecule has 0 radical (unpaired) electrons. The van der Waals surface area contributed by atoms with E-state index in [9.17, 15) is 0 Å². The predicted octanol–water partition coefficient (Wildman–Crippen LogP) is 3.22. The van der Waals surface area contributed by atoms with Gasteiger partial charge in [0.25, 0.3) is 0 Å². The molecule has 20 heavy (non-hydrogen) atoms. The maximum Gasteiger partial charge on any atom is 0.0598 e. The SMILES string of the molecule is C#CCN1CCC(NCCc2ccc(Cl)cc2Cl)CC1. The summed E-state index contributed by atoms with van der Waals surface area (Å²) < 4.78 is 0. The minimum atomic E-state index is 0.593. The number of nitrogens with zero attached hydrogens (tertiary/aromatic N) is 1. The molecule has 0 unspecified atom stereocenters. The summed E-state index contributed by atoms with van der Waals surface area (Å²) in [6.07, 6.45) is 8.59. The fourth-order valence-electron chi connectivity index (χ4n) is 2.56. The molecule has 0 amide bonds. The van der Waals surface area contributed by atoms with Gasteiger partial charge >= 0.3 is 0 Å². The van der Waals surface area contributed by atoms with Crippen LogP contribution in [0.5, 0.6) is 0 Å². The van der Waals surface area contributed by atoms with Crippen molar-refractivity contribution in [1.82, 2.24) is 10.2 Å². The third-order valence-corrected chi connectivity index (χ3v) is 4.33. The topological polar surface area (TPSA) is 15.3 Å². The molecule has 1 aromatic rings. The predicted molar refractivity (Wildman–Crippen MR) is 86.5 cm³/mol. The van der Waals surface area contributed by atoms with Gasteiger partial charge in [0.15, 0.2) is 0 Å². The number of hydrogen-bond acceptors (Lipinski definition) is 2. The summed E-state index contributed by atoms with van der Waals surface area (Å²) in [5.41, 5.74) is 1.15. The van der Waals surface area contributed by atoms with E-state index in [0.29, 0.717) is 11.1 Å². The van der Waals surface area contributed by atoms with Gasteiger partial charge in [-0.25, -0.2) is 0 Å². The Morgan fingerprint density at radius 2 is 2.05 bits per heavy atom. The summed E-state index contributed by atoms with van der Waals surface area (Å²) >= 11 is 12.1. The number of likely N-dealkylation sites (tertiary alicyclic amines) is 1. The standard InChI is InChI=1S/C16H20Cl2N2/c1-2-9-20-10-6-15(7-11-20)19-8-5-13-3-4-14(17)12-16(13)18/h1,3-4,12,15,19H,5-11H2. The number of nitrogens with one attached hydrogen (secondary N) is 1. The summed E-state index contributed by atoms with van der Waals surface area (Å²) in [6, 6.07) is 6.29. The average Bonchev–Trinajstić information content (AvgIpc) is 2.43. The Balaban J connectivity index is 1.70. The van der Waals surface area contributed by atoms with Crippen molar-refractivity contribution in [3.63, 3.8) is 0 Å². The van der Waals surface area contributed by atoms with Crippen LogP contribution >= 0.6 is 23.2 Å². The summed E-state index contributed by atoms with van der Waals surface area (Å²) in [7, 11) is 0. The molecular weight excluding hydrogens is 291 g/mol. The van der Waals surface area contributed by atoms with Crippen LogP contribution in [0.2, 0.25) is 10.0 Å². The van der Waals surface area contributed by atoms with E-state index in [-0.39, 0.29) is 0 Å². The zero-order valence-corrected chi connectivity index (χ0v) is 13.1. The number of halogens is 2. The molecule has 1 aliphatic heterocycles. The van der Waals surface area contributed by atoms with Crippen LogP contribution in [0.4, 0.5) is 0 Å². The van der Waals surface area contributed by atoms with E-state index >= 15 is 0 Å². The fourth-order valence-corrected chi connectivity index (χ4v) is 3.06. The van der Waals surface area contributed by atoms with Crippen LogP contribution in [0.1, 0.15) is 18.4 Å². The van der Waals surface area contributed by atoms with Crippen molar-refractivity contribution in [2.24, 2.45) is 0 Å². The molecule has 2 nitrogen and oxygen atoms in total. The molecule has 2 rings (SSSR count). The molecule has 1 aliphatic rings. The van der Waals surface area contributed by atoms with E-state index in [1.165, 1.54) is 0 Å². The van der Waals surface area contributed by atoms with Crippen LogP contribution < -0.4 is 5.32 Å². The highest BCUT2D eigenvalue weighted by Crippen LogP contribution is 2.21. The van der Waals surface area contributed by atoms with Crippen molar-refractivity contribution < 1.29 is 0 Å². The highest BCUT2D eigenvalue weighted by Gasteiger charge is 2.17. The molecule has 1 aromatic carbocycles. The van der Waals surface area contributed by atoms with Crippen molar-refractivity contribution in [3.8, 4) is 12.3 Å². The summed E-state index contributed by atoms with van der Waals surface area (Å²) in [5, 5.41) is 5.05. The van der Waals surface area contributed by atoms with Crippen LogP contribution in [0.15, 0.2) is 18.2 Å². The zero-order valence-electron chi connectivity index (χ0n) is 11.5. The van der Waals surface area contributed by atoms with Crippen LogP contribution in [0, 0.1) is 12.3 Å². The molecule has 0 spiro atoms. The maximum absolute atomic E-state index is 6.17. The van der Waals surface area contributed by atoms with Gasteiger partial charge in [-0.15, -0.1) is 6.42 Å². The first-order valence-corrected chi connectivity index (χ1v) is 7.78. The minimum absolute atomic E-state index is 0.593. The van der Waals surface area contributed by atoms with Crippen LogP contribution in [-0.2, 0) is 6.42 Å². The first-order chi connectivity index (χ1) is 9.69. The molecule has 4 heteroatoms. The largest absolute Gasteiger partial charge is 0.314 e. The van der Waals surface area contributed by atoms with Crippen molar-refractivity contribution in [2.45, 2.75) is 25.3 Å². The molecule has 1 N–H and O–H groups in total. The average molecular weight is 311 g/mol. The Kier molecular flexibility index (Phi) is 6.19. The third kappa shape index (κ3) is 4.68. The third-order valence-electron chi connectivity index (χ3n) is 3.74.